The monoisotopic (exact) mass is 291 g/mol. The minimum absolute atomic E-state index is 0.0173. The molecular weight excluding hydrogens is 276 g/mol. The first-order valence-corrected chi connectivity index (χ1v) is 6.88. The van der Waals surface area contributed by atoms with Gasteiger partial charge in [-0.05, 0) is 12.1 Å². The number of amides is 1. The van der Waals surface area contributed by atoms with Crippen LogP contribution in [0.4, 0.5) is 8.78 Å². The van der Waals surface area contributed by atoms with Crippen molar-refractivity contribution < 1.29 is 22.7 Å². The van der Waals surface area contributed by atoms with Gasteiger partial charge in [0.25, 0.3) is 11.7 Å². The molecule has 19 heavy (non-hydrogen) atoms. The highest BCUT2D eigenvalue weighted by Crippen LogP contribution is 2.25. The average Bonchev–Trinajstić information content (AvgIpc) is 2.80. The predicted molar refractivity (Wildman–Crippen MR) is 67.3 cm³/mol. The quantitative estimate of drug-likeness (QED) is 0.875. The van der Waals surface area contributed by atoms with E-state index in [1.165, 1.54) is 6.07 Å². The van der Waals surface area contributed by atoms with Gasteiger partial charge in [0.05, 0.1) is 19.0 Å². The molecule has 1 saturated heterocycles. The summed E-state index contributed by atoms with van der Waals surface area (Å²) in [5.41, 5.74) is -0.0173. The number of halogens is 2. The second-order valence-corrected chi connectivity index (χ2v) is 5.80. The van der Waals surface area contributed by atoms with Crippen LogP contribution in [0.3, 0.4) is 0 Å². The molecule has 2 rings (SSSR count). The van der Waals surface area contributed by atoms with Crippen molar-refractivity contribution >= 4 is 17.7 Å². The number of carbonyl (C=O) groups excluding carboxylic acids is 1. The third-order valence-electron chi connectivity index (χ3n) is 2.81. The normalized spacial score (nSPS) is 17.3. The Morgan fingerprint density at radius 2 is 2.26 bits per heavy atom. The van der Waals surface area contributed by atoms with Crippen LogP contribution in [0.1, 0.15) is 23.2 Å². The topological polar surface area (TPSA) is 51.5 Å². The molecule has 1 fully saturated rings. The molecule has 0 bridgehead atoms. The van der Waals surface area contributed by atoms with Crippen LogP contribution >= 0.6 is 11.8 Å². The maximum Gasteiger partial charge on any atom is 0.287 e. The molecule has 0 saturated carbocycles. The highest BCUT2D eigenvalue weighted by molar-refractivity contribution is 7.98. The summed E-state index contributed by atoms with van der Waals surface area (Å²) in [6.45, 7) is 3.78. The SMILES string of the molecule is CC1(CNC(=O)c2ccc(CSC(F)F)o2)COC1. The van der Waals surface area contributed by atoms with Gasteiger partial charge in [-0.2, -0.15) is 8.78 Å². The van der Waals surface area contributed by atoms with Gasteiger partial charge in [-0.1, -0.05) is 18.7 Å². The highest BCUT2D eigenvalue weighted by atomic mass is 32.2. The Morgan fingerprint density at radius 3 is 2.84 bits per heavy atom. The second kappa shape index (κ2) is 5.92. The zero-order valence-corrected chi connectivity index (χ0v) is 11.3. The molecule has 0 aromatic carbocycles. The summed E-state index contributed by atoms with van der Waals surface area (Å²) in [4.78, 5) is 11.8. The van der Waals surface area contributed by atoms with Crippen molar-refractivity contribution in [1.29, 1.82) is 0 Å². The fourth-order valence-corrected chi connectivity index (χ4v) is 2.10. The van der Waals surface area contributed by atoms with E-state index in [0.717, 1.165) is 0 Å². The number of hydrogen-bond acceptors (Lipinski definition) is 4. The van der Waals surface area contributed by atoms with Gasteiger partial charge in [0.15, 0.2) is 5.76 Å². The maximum absolute atomic E-state index is 12.0. The molecule has 1 aliphatic rings. The molecule has 1 aliphatic heterocycles. The molecule has 2 heterocycles. The number of carbonyl (C=O) groups is 1. The largest absolute Gasteiger partial charge is 0.455 e. The molecular formula is C12H15F2NO3S. The lowest BCUT2D eigenvalue weighted by Crippen LogP contribution is -2.48. The van der Waals surface area contributed by atoms with Gasteiger partial charge in [-0.15, -0.1) is 0 Å². The Kier molecular flexibility index (Phi) is 4.46. The van der Waals surface area contributed by atoms with Gasteiger partial charge >= 0.3 is 0 Å². The molecule has 106 valence electrons. The first-order chi connectivity index (χ1) is 8.98. The van der Waals surface area contributed by atoms with Gasteiger partial charge in [-0.25, -0.2) is 0 Å². The number of thioether (sulfide) groups is 1. The van der Waals surface area contributed by atoms with Gasteiger partial charge in [-0.3, -0.25) is 4.79 Å². The Hall–Kier alpha value is -1.08. The van der Waals surface area contributed by atoms with Gasteiger partial charge < -0.3 is 14.5 Å². The van der Waals surface area contributed by atoms with E-state index in [1.807, 2.05) is 6.92 Å². The van der Waals surface area contributed by atoms with E-state index >= 15 is 0 Å². The van der Waals surface area contributed by atoms with Gasteiger partial charge in [0.2, 0.25) is 0 Å². The predicted octanol–water partition coefficient (Wildman–Crippen LogP) is 2.50. The van der Waals surface area contributed by atoms with Crippen molar-refractivity contribution in [2.45, 2.75) is 18.4 Å². The summed E-state index contributed by atoms with van der Waals surface area (Å²) in [6, 6.07) is 3.04. The average molecular weight is 291 g/mol. The lowest BCUT2D eigenvalue weighted by atomic mass is 9.89. The third-order valence-corrected chi connectivity index (χ3v) is 3.52. The van der Waals surface area contributed by atoms with E-state index in [1.54, 1.807) is 6.07 Å². The van der Waals surface area contributed by atoms with E-state index in [-0.39, 0.29) is 22.8 Å². The number of alkyl halides is 2. The highest BCUT2D eigenvalue weighted by Gasteiger charge is 2.33. The molecule has 0 radical (unpaired) electrons. The fourth-order valence-electron chi connectivity index (χ4n) is 1.66. The number of ether oxygens (including phenoxy) is 1. The summed E-state index contributed by atoms with van der Waals surface area (Å²) in [5, 5.41) is 2.75. The molecule has 1 amide bonds. The minimum atomic E-state index is -2.44. The van der Waals surface area contributed by atoms with Crippen LogP contribution in [0, 0.1) is 5.41 Å². The molecule has 0 unspecified atom stereocenters. The van der Waals surface area contributed by atoms with Crippen molar-refractivity contribution in [3.05, 3.63) is 23.7 Å². The second-order valence-electron chi connectivity index (χ2n) is 4.82. The number of furan rings is 1. The van der Waals surface area contributed by atoms with Crippen molar-refractivity contribution in [3.8, 4) is 0 Å². The minimum Gasteiger partial charge on any atom is -0.455 e. The molecule has 1 aromatic heterocycles. The van der Waals surface area contributed by atoms with Crippen LogP contribution in [-0.2, 0) is 10.5 Å². The summed E-state index contributed by atoms with van der Waals surface area (Å²) < 4.78 is 34.3. The summed E-state index contributed by atoms with van der Waals surface area (Å²) in [6.07, 6.45) is 0. The smallest absolute Gasteiger partial charge is 0.287 e. The number of rotatable bonds is 6. The molecule has 0 spiro atoms. The van der Waals surface area contributed by atoms with E-state index in [4.69, 9.17) is 9.15 Å². The number of hydrogen-bond donors (Lipinski definition) is 1. The Morgan fingerprint density at radius 1 is 1.53 bits per heavy atom. The lowest BCUT2D eigenvalue weighted by molar-refractivity contribution is -0.0978. The van der Waals surface area contributed by atoms with Crippen LogP contribution in [0.2, 0.25) is 0 Å². The van der Waals surface area contributed by atoms with E-state index in [0.29, 0.717) is 37.3 Å². The first kappa shape index (κ1) is 14.3. The Balaban J connectivity index is 1.82. The Labute approximate surface area is 113 Å². The van der Waals surface area contributed by atoms with Crippen LogP contribution < -0.4 is 5.32 Å². The van der Waals surface area contributed by atoms with Gasteiger partial charge in [0.1, 0.15) is 5.76 Å². The van der Waals surface area contributed by atoms with Crippen molar-refractivity contribution in [1.82, 2.24) is 5.32 Å². The van der Waals surface area contributed by atoms with Crippen LogP contribution in [0.15, 0.2) is 16.5 Å². The zero-order chi connectivity index (χ0) is 13.9. The van der Waals surface area contributed by atoms with E-state index < -0.39 is 5.76 Å². The standard InChI is InChI=1S/C12H15F2NO3S/c1-12(6-17-7-12)5-15-10(16)9-3-2-8(18-9)4-19-11(13)14/h2-3,11H,4-7H2,1H3,(H,15,16). The third kappa shape index (κ3) is 3.94. The molecule has 0 atom stereocenters. The molecule has 4 nitrogen and oxygen atoms in total. The van der Waals surface area contributed by atoms with Crippen molar-refractivity contribution in [3.63, 3.8) is 0 Å². The van der Waals surface area contributed by atoms with Crippen molar-refractivity contribution in [2.24, 2.45) is 5.41 Å². The molecule has 0 aliphatic carbocycles. The fraction of sp³-hybridized carbons (Fsp3) is 0.583. The molecule has 1 aromatic rings. The zero-order valence-electron chi connectivity index (χ0n) is 10.4. The molecule has 1 N–H and O–H groups in total. The maximum atomic E-state index is 12.0. The van der Waals surface area contributed by atoms with Crippen molar-refractivity contribution in [2.75, 3.05) is 19.8 Å². The first-order valence-electron chi connectivity index (χ1n) is 5.83. The van der Waals surface area contributed by atoms with Crippen LogP contribution in [0.25, 0.3) is 0 Å². The van der Waals surface area contributed by atoms with Crippen LogP contribution in [-0.4, -0.2) is 31.4 Å². The van der Waals surface area contributed by atoms with Gasteiger partial charge in [0, 0.05) is 12.0 Å². The van der Waals surface area contributed by atoms with E-state index in [9.17, 15) is 13.6 Å². The van der Waals surface area contributed by atoms with E-state index in [2.05, 4.69) is 5.32 Å². The molecule has 7 heteroatoms. The number of nitrogens with one attached hydrogen (secondary N) is 1. The summed E-state index contributed by atoms with van der Waals surface area (Å²) in [5.74, 6) is -2.21. The lowest BCUT2D eigenvalue weighted by Gasteiger charge is -2.37. The summed E-state index contributed by atoms with van der Waals surface area (Å²) >= 11 is 0.464. The Bertz CT molecular complexity index is 446. The summed E-state index contributed by atoms with van der Waals surface area (Å²) in [7, 11) is 0. The van der Waals surface area contributed by atoms with Crippen LogP contribution in [0.5, 0.6) is 0 Å².